The summed E-state index contributed by atoms with van der Waals surface area (Å²) in [5, 5.41) is 0.241. The molecule has 0 spiro atoms. The van der Waals surface area contributed by atoms with Crippen molar-refractivity contribution in [2.45, 2.75) is 42.2 Å². The minimum Gasteiger partial charge on any atom is -0.375 e. The quantitative estimate of drug-likeness (QED) is 0.788. The Kier molecular flexibility index (Phi) is 4.48. The number of rotatable bonds is 3. The number of morpholine rings is 1. The minimum absolute atomic E-state index is 0.0171. The maximum atomic E-state index is 13.0. The fraction of sp³-hybridized carbons (Fsp3) is 0.571. The van der Waals surface area contributed by atoms with Crippen LogP contribution in [0.25, 0.3) is 0 Å². The summed E-state index contributed by atoms with van der Waals surface area (Å²) < 4.78 is 33.2. The fourth-order valence-corrected chi connectivity index (χ4v) is 5.50. The van der Waals surface area contributed by atoms with Gasteiger partial charge in [0.25, 0.3) is 0 Å². The Balaban J connectivity index is 2.00. The highest BCUT2D eigenvalue weighted by Gasteiger charge is 2.42. The van der Waals surface area contributed by atoms with Gasteiger partial charge in [-0.2, -0.15) is 4.31 Å². The summed E-state index contributed by atoms with van der Waals surface area (Å²) in [6, 6.07) is 4.84. The molecule has 2 aliphatic rings. The molecule has 21 heavy (non-hydrogen) atoms. The van der Waals surface area contributed by atoms with Gasteiger partial charge in [-0.1, -0.05) is 17.7 Å². The van der Waals surface area contributed by atoms with Crippen molar-refractivity contribution in [1.82, 2.24) is 4.31 Å². The lowest BCUT2D eigenvalue weighted by atomic mass is 10.2. The van der Waals surface area contributed by atoms with Gasteiger partial charge >= 0.3 is 0 Å². The molecule has 0 radical (unpaired) electrons. The van der Waals surface area contributed by atoms with Gasteiger partial charge in [-0.25, -0.2) is 8.42 Å². The molecule has 2 unspecified atom stereocenters. The van der Waals surface area contributed by atoms with E-state index in [0.717, 1.165) is 24.8 Å². The first kappa shape index (κ1) is 15.6. The monoisotopic (exact) mass is 349 g/mol. The molecule has 0 bridgehead atoms. The predicted molar refractivity (Wildman–Crippen MR) is 82.3 cm³/mol. The van der Waals surface area contributed by atoms with Crippen molar-refractivity contribution in [2.24, 2.45) is 0 Å². The van der Waals surface area contributed by atoms with E-state index in [1.54, 1.807) is 22.5 Å². The van der Waals surface area contributed by atoms with E-state index in [2.05, 4.69) is 0 Å². The number of sulfonamides is 1. The summed E-state index contributed by atoms with van der Waals surface area (Å²) in [5.74, 6) is 0.259. The average Bonchev–Trinajstić information content (AvgIpc) is 2.95. The Labute approximate surface area is 135 Å². The molecule has 1 heterocycles. The summed E-state index contributed by atoms with van der Waals surface area (Å²) in [4.78, 5) is 0.148. The number of nitrogens with zero attached hydrogens (tertiary/aromatic N) is 1. The van der Waals surface area contributed by atoms with Crippen LogP contribution in [0.3, 0.4) is 0 Å². The molecule has 1 saturated heterocycles. The molecule has 0 N–H and O–H groups in total. The number of hydrogen-bond acceptors (Lipinski definition) is 3. The summed E-state index contributed by atoms with van der Waals surface area (Å²) in [6.07, 6.45) is 2.78. The van der Waals surface area contributed by atoms with Gasteiger partial charge in [0.2, 0.25) is 10.0 Å². The van der Waals surface area contributed by atoms with E-state index in [1.165, 1.54) is 0 Å². The van der Waals surface area contributed by atoms with E-state index in [9.17, 15) is 8.42 Å². The molecule has 0 amide bonds. The summed E-state index contributed by atoms with van der Waals surface area (Å²) in [6.45, 7) is 0.818. The van der Waals surface area contributed by atoms with E-state index in [1.807, 2.05) is 0 Å². The van der Waals surface area contributed by atoms with Crippen molar-refractivity contribution < 1.29 is 13.2 Å². The molecular formula is C14H17Cl2NO3S. The third kappa shape index (κ3) is 2.82. The van der Waals surface area contributed by atoms with Crippen molar-refractivity contribution in [1.29, 1.82) is 0 Å². The number of hydrogen-bond donors (Lipinski definition) is 0. The van der Waals surface area contributed by atoms with Crippen molar-refractivity contribution in [3.05, 3.63) is 28.8 Å². The van der Waals surface area contributed by atoms with Crippen LogP contribution < -0.4 is 0 Å². The zero-order chi connectivity index (χ0) is 15.0. The molecule has 7 heteroatoms. The van der Waals surface area contributed by atoms with Crippen molar-refractivity contribution >= 4 is 33.2 Å². The van der Waals surface area contributed by atoms with Crippen LogP contribution in [0.5, 0.6) is 0 Å². The van der Waals surface area contributed by atoms with Gasteiger partial charge in [-0.05, 0) is 37.0 Å². The van der Waals surface area contributed by atoms with Crippen LogP contribution >= 0.6 is 23.2 Å². The van der Waals surface area contributed by atoms with E-state index >= 15 is 0 Å². The number of alkyl halides is 1. The molecule has 0 aromatic heterocycles. The molecule has 1 saturated carbocycles. The third-order valence-corrected chi connectivity index (χ3v) is 6.88. The second kappa shape index (κ2) is 6.05. The van der Waals surface area contributed by atoms with Crippen LogP contribution in [-0.2, 0) is 20.6 Å². The largest absolute Gasteiger partial charge is 0.375 e. The summed E-state index contributed by atoms with van der Waals surface area (Å²) >= 11 is 11.9. The summed E-state index contributed by atoms with van der Waals surface area (Å²) in [5.41, 5.74) is 0.746. The van der Waals surface area contributed by atoms with Crippen molar-refractivity contribution in [2.75, 3.05) is 13.2 Å². The van der Waals surface area contributed by atoms with Gasteiger partial charge in [0.1, 0.15) is 4.90 Å². The Morgan fingerprint density at radius 1 is 1.33 bits per heavy atom. The first-order valence-corrected chi connectivity index (χ1v) is 9.37. The second-order valence-corrected chi connectivity index (χ2v) is 7.96. The number of halogens is 2. The average molecular weight is 350 g/mol. The molecule has 4 nitrogen and oxygen atoms in total. The maximum Gasteiger partial charge on any atom is 0.244 e. The fourth-order valence-electron chi connectivity index (χ4n) is 3.14. The number of benzene rings is 1. The van der Waals surface area contributed by atoms with Crippen molar-refractivity contribution in [3.63, 3.8) is 0 Å². The first-order chi connectivity index (χ1) is 10.0. The molecule has 3 rings (SSSR count). The second-order valence-electron chi connectivity index (χ2n) is 5.42. The van der Waals surface area contributed by atoms with Gasteiger partial charge in [0.15, 0.2) is 0 Å². The molecule has 1 aromatic rings. The smallest absolute Gasteiger partial charge is 0.244 e. The number of fused-ring (bicyclic) bond motifs is 1. The lowest BCUT2D eigenvalue weighted by Crippen LogP contribution is -2.51. The molecule has 1 aliphatic heterocycles. The first-order valence-electron chi connectivity index (χ1n) is 7.02. The molecule has 116 valence electrons. The lowest BCUT2D eigenvalue weighted by Gasteiger charge is -2.36. The van der Waals surface area contributed by atoms with Gasteiger partial charge in [-0.15, -0.1) is 11.6 Å². The topological polar surface area (TPSA) is 46.6 Å². The Morgan fingerprint density at radius 2 is 2.14 bits per heavy atom. The van der Waals surface area contributed by atoms with Gasteiger partial charge in [0, 0.05) is 12.4 Å². The van der Waals surface area contributed by atoms with E-state index in [-0.39, 0.29) is 27.9 Å². The molecule has 2 fully saturated rings. The highest BCUT2D eigenvalue weighted by Crippen LogP contribution is 2.35. The lowest BCUT2D eigenvalue weighted by molar-refractivity contribution is -0.0241. The molecule has 2 atom stereocenters. The van der Waals surface area contributed by atoms with Crippen LogP contribution in [0.4, 0.5) is 0 Å². The van der Waals surface area contributed by atoms with E-state index in [4.69, 9.17) is 27.9 Å². The number of ether oxygens (including phenoxy) is 1. The molecule has 1 aromatic carbocycles. The predicted octanol–water partition coefficient (Wildman–Crippen LogP) is 3.02. The summed E-state index contributed by atoms with van der Waals surface area (Å²) in [7, 11) is -3.62. The Hall–Kier alpha value is -0.330. The van der Waals surface area contributed by atoms with Crippen LogP contribution in [0, 0.1) is 0 Å². The Bertz CT molecular complexity index is 635. The van der Waals surface area contributed by atoms with Gasteiger partial charge in [0.05, 0.1) is 23.8 Å². The normalized spacial score (nSPS) is 26.8. The zero-order valence-electron chi connectivity index (χ0n) is 11.5. The van der Waals surface area contributed by atoms with Crippen molar-refractivity contribution in [3.8, 4) is 0 Å². The zero-order valence-corrected chi connectivity index (χ0v) is 13.8. The Morgan fingerprint density at radius 3 is 2.90 bits per heavy atom. The highest BCUT2D eigenvalue weighted by molar-refractivity contribution is 7.89. The van der Waals surface area contributed by atoms with Crippen LogP contribution in [-0.4, -0.2) is 38.0 Å². The standard InChI is InChI=1S/C14H17Cl2NO3S/c15-9-10-4-5-11(16)14(8-10)21(18,19)17-6-7-20-13-3-1-2-12(13)17/h4-5,8,12-13H,1-3,6-7,9H2. The molecule has 1 aliphatic carbocycles. The van der Waals surface area contributed by atoms with E-state index < -0.39 is 10.0 Å². The third-order valence-electron chi connectivity index (χ3n) is 4.17. The SMILES string of the molecule is O=S(=O)(c1cc(CCl)ccc1Cl)N1CCOC2CCCC21. The minimum atomic E-state index is -3.62. The van der Waals surface area contributed by atoms with Gasteiger partial charge < -0.3 is 4.74 Å². The maximum absolute atomic E-state index is 13.0. The highest BCUT2D eigenvalue weighted by atomic mass is 35.5. The van der Waals surface area contributed by atoms with Crippen LogP contribution in [0.15, 0.2) is 23.1 Å². The molecular weight excluding hydrogens is 333 g/mol. The van der Waals surface area contributed by atoms with Crippen LogP contribution in [0.1, 0.15) is 24.8 Å². The van der Waals surface area contributed by atoms with Crippen LogP contribution in [0.2, 0.25) is 5.02 Å². The van der Waals surface area contributed by atoms with Gasteiger partial charge in [-0.3, -0.25) is 0 Å². The van der Waals surface area contributed by atoms with E-state index in [0.29, 0.717) is 13.2 Å².